The van der Waals surface area contributed by atoms with Gasteiger partial charge >= 0.3 is 0 Å². The van der Waals surface area contributed by atoms with Gasteiger partial charge in [-0.05, 0) is 52.2 Å². The Balaban J connectivity index is 2.43. The molecule has 0 bridgehead atoms. The second kappa shape index (κ2) is 7.30. The third-order valence-corrected chi connectivity index (χ3v) is 4.04. The lowest BCUT2D eigenvalue weighted by atomic mass is 10.1. The van der Waals surface area contributed by atoms with E-state index in [1.807, 2.05) is 0 Å². The smallest absolute Gasteiger partial charge is 0.137 e. The summed E-state index contributed by atoms with van der Waals surface area (Å²) in [5.74, 6) is 1.55. The van der Waals surface area contributed by atoms with E-state index in [2.05, 4.69) is 22.9 Å². The molecule has 1 aromatic carbocycles. The summed E-state index contributed by atoms with van der Waals surface area (Å²) in [7, 11) is 0. The molecule has 0 amide bonds. The lowest BCUT2D eigenvalue weighted by molar-refractivity contribution is 0.200. The molecule has 0 radical (unpaired) electrons. The van der Waals surface area contributed by atoms with Crippen LogP contribution in [0.4, 0.5) is 4.39 Å². The van der Waals surface area contributed by atoms with Crippen LogP contribution in [-0.4, -0.2) is 22.7 Å². The van der Waals surface area contributed by atoms with Crippen molar-refractivity contribution in [1.82, 2.24) is 0 Å². The van der Waals surface area contributed by atoms with E-state index in [-0.39, 0.29) is 11.9 Å². The number of rotatable bonds is 6. The summed E-state index contributed by atoms with van der Waals surface area (Å²) < 4.78 is 13.4. The number of aliphatic hydroxyl groups excluding tert-OH is 1. The van der Waals surface area contributed by atoms with Crippen molar-refractivity contribution in [2.24, 2.45) is 0 Å². The zero-order valence-electron chi connectivity index (χ0n) is 9.25. The van der Waals surface area contributed by atoms with E-state index in [1.54, 1.807) is 23.9 Å². The van der Waals surface area contributed by atoms with Crippen LogP contribution in [0, 0.1) is 5.82 Å². The van der Waals surface area contributed by atoms with E-state index in [4.69, 9.17) is 0 Å². The minimum absolute atomic E-state index is 0.265. The van der Waals surface area contributed by atoms with Crippen LogP contribution in [0.5, 0.6) is 0 Å². The first-order chi connectivity index (χ1) is 7.63. The Morgan fingerprint density at radius 2 is 2.25 bits per heavy atom. The van der Waals surface area contributed by atoms with Gasteiger partial charge in [0.15, 0.2) is 0 Å². The second-order valence-electron chi connectivity index (χ2n) is 3.68. The van der Waals surface area contributed by atoms with Crippen molar-refractivity contribution < 1.29 is 9.50 Å². The molecular formula is C12H16BrFOS. The maximum absolute atomic E-state index is 13.0. The van der Waals surface area contributed by atoms with Gasteiger partial charge in [0.25, 0.3) is 0 Å². The minimum Gasteiger partial charge on any atom is -0.392 e. The van der Waals surface area contributed by atoms with E-state index in [1.165, 1.54) is 6.07 Å². The molecule has 0 saturated heterocycles. The molecule has 1 nitrogen and oxygen atoms in total. The van der Waals surface area contributed by atoms with Gasteiger partial charge in [0.2, 0.25) is 0 Å². The maximum atomic E-state index is 13.0. The molecule has 16 heavy (non-hydrogen) atoms. The van der Waals surface area contributed by atoms with E-state index in [9.17, 15) is 9.50 Å². The standard InChI is InChI=1S/C12H16BrFOS/c1-2-5-16-8-10(15)6-9-3-4-12(14)11(13)7-9/h3-4,7,10,15H,2,5-6,8H2,1H3. The molecule has 0 heterocycles. The van der Waals surface area contributed by atoms with Crippen molar-refractivity contribution in [3.8, 4) is 0 Å². The molecule has 1 unspecified atom stereocenters. The zero-order valence-corrected chi connectivity index (χ0v) is 11.7. The van der Waals surface area contributed by atoms with Gasteiger partial charge in [0.1, 0.15) is 5.82 Å². The highest BCUT2D eigenvalue weighted by Crippen LogP contribution is 2.18. The summed E-state index contributed by atoms with van der Waals surface area (Å²) in [5.41, 5.74) is 0.956. The lowest BCUT2D eigenvalue weighted by Crippen LogP contribution is -2.13. The van der Waals surface area contributed by atoms with E-state index >= 15 is 0 Å². The van der Waals surface area contributed by atoms with Crippen molar-refractivity contribution in [2.45, 2.75) is 25.9 Å². The third kappa shape index (κ3) is 4.85. The average molecular weight is 307 g/mol. The molecule has 1 aromatic rings. The first kappa shape index (κ1) is 14.0. The molecule has 90 valence electrons. The van der Waals surface area contributed by atoms with Crippen LogP contribution in [-0.2, 0) is 6.42 Å². The molecule has 0 aliphatic rings. The van der Waals surface area contributed by atoms with Gasteiger partial charge in [-0.25, -0.2) is 4.39 Å². The van der Waals surface area contributed by atoms with Crippen molar-refractivity contribution in [3.63, 3.8) is 0 Å². The Kier molecular flexibility index (Phi) is 6.39. The Labute approximate surface area is 109 Å². The summed E-state index contributed by atoms with van der Waals surface area (Å²) in [4.78, 5) is 0. The fraction of sp³-hybridized carbons (Fsp3) is 0.500. The highest BCUT2D eigenvalue weighted by molar-refractivity contribution is 9.10. The second-order valence-corrected chi connectivity index (χ2v) is 5.69. The molecule has 0 spiro atoms. The molecular weight excluding hydrogens is 291 g/mol. The van der Waals surface area contributed by atoms with Gasteiger partial charge in [-0.3, -0.25) is 0 Å². The number of halogens is 2. The summed E-state index contributed by atoms with van der Waals surface area (Å²) in [6.45, 7) is 2.12. The summed E-state index contributed by atoms with van der Waals surface area (Å²) in [6.07, 6.45) is 1.35. The number of aliphatic hydroxyl groups is 1. The van der Waals surface area contributed by atoms with Gasteiger partial charge in [0, 0.05) is 5.75 Å². The number of benzene rings is 1. The quantitative estimate of drug-likeness (QED) is 0.810. The summed E-state index contributed by atoms with van der Waals surface area (Å²) in [6, 6.07) is 4.86. The van der Waals surface area contributed by atoms with Crippen molar-refractivity contribution in [2.75, 3.05) is 11.5 Å². The lowest BCUT2D eigenvalue weighted by Gasteiger charge is -2.10. The highest BCUT2D eigenvalue weighted by atomic mass is 79.9. The van der Waals surface area contributed by atoms with E-state index < -0.39 is 0 Å². The fourth-order valence-electron chi connectivity index (χ4n) is 1.36. The van der Waals surface area contributed by atoms with Gasteiger partial charge in [-0.15, -0.1) is 0 Å². The SMILES string of the molecule is CCCSCC(O)Cc1ccc(F)c(Br)c1. The monoisotopic (exact) mass is 306 g/mol. The summed E-state index contributed by atoms with van der Waals surface area (Å²) in [5, 5.41) is 9.76. The van der Waals surface area contributed by atoms with Crippen LogP contribution in [0.15, 0.2) is 22.7 Å². The van der Waals surface area contributed by atoms with Crippen LogP contribution in [0.3, 0.4) is 0 Å². The van der Waals surface area contributed by atoms with E-state index in [0.717, 1.165) is 23.5 Å². The highest BCUT2D eigenvalue weighted by Gasteiger charge is 2.07. The first-order valence-electron chi connectivity index (χ1n) is 5.33. The number of hydrogen-bond donors (Lipinski definition) is 1. The largest absolute Gasteiger partial charge is 0.392 e. The molecule has 0 aromatic heterocycles. The Morgan fingerprint density at radius 3 is 2.88 bits per heavy atom. The molecule has 1 rings (SSSR count). The molecule has 1 atom stereocenters. The Morgan fingerprint density at radius 1 is 1.50 bits per heavy atom. The van der Waals surface area contributed by atoms with Crippen LogP contribution in [0.2, 0.25) is 0 Å². The molecule has 0 fully saturated rings. The van der Waals surface area contributed by atoms with Crippen molar-refractivity contribution in [3.05, 3.63) is 34.1 Å². The first-order valence-corrected chi connectivity index (χ1v) is 7.28. The minimum atomic E-state index is -0.353. The molecule has 4 heteroatoms. The molecule has 0 aliphatic carbocycles. The molecule has 0 saturated carbocycles. The van der Waals surface area contributed by atoms with E-state index in [0.29, 0.717) is 10.9 Å². The summed E-state index contributed by atoms with van der Waals surface area (Å²) >= 11 is 4.89. The fourth-order valence-corrected chi connectivity index (χ4v) is 2.63. The van der Waals surface area contributed by atoms with Crippen LogP contribution in [0.25, 0.3) is 0 Å². The van der Waals surface area contributed by atoms with Gasteiger partial charge < -0.3 is 5.11 Å². The maximum Gasteiger partial charge on any atom is 0.137 e. The van der Waals surface area contributed by atoms with Crippen molar-refractivity contribution in [1.29, 1.82) is 0 Å². The average Bonchev–Trinajstić information content (AvgIpc) is 2.24. The van der Waals surface area contributed by atoms with Crippen LogP contribution >= 0.6 is 27.7 Å². The predicted octanol–water partition coefficient (Wildman–Crippen LogP) is 3.63. The Bertz CT molecular complexity index is 333. The predicted molar refractivity (Wildman–Crippen MR) is 71.4 cm³/mol. The topological polar surface area (TPSA) is 20.2 Å². The van der Waals surface area contributed by atoms with Crippen molar-refractivity contribution >= 4 is 27.7 Å². The Hall–Kier alpha value is -0.0600. The zero-order chi connectivity index (χ0) is 12.0. The number of hydrogen-bond acceptors (Lipinski definition) is 2. The van der Waals surface area contributed by atoms with Gasteiger partial charge in [-0.2, -0.15) is 11.8 Å². The number of thioether (sulfide) groups is 1. The third-order valence-electron chi connectivity index (χ3n) is 2.11. The van der Waals surface area contributed by atoms with Crippen LogP contribution < -0.4 is 0 Å². The van der Waals surface area contributed by atoms with Crippen LogP contribution in [0.1, 0.15) is 18.9 Å². The molecule has 1 N–H and O–H groups in total. The van der Waals surface area contributed by atoms with Gasteiger partial charge in [0.05, 0.1) is 10.6 Å². The molecule has 0 aliphatic heterocycles. The normalized spacial score (nSPS) is 12.8. The van der Waals surface area contributed by atoms with Gasteiger partial charge in [-0.1, -0.05) is 13.0 Å².